The van der Waals surface area contributed by atoms with Gasteiger partial charge in [0.1, 0.15) is 11.5 Å². The minimum Gasteiger partial charge on any atom is -0.508 e. The first kappa shape index (κ1) is 14.0. The SMILES string of the molecule is CC1Oc2cc(O)ccc2N(Cc2ccccc2C#N)C1=O. The first-order valence-corrected chi connectivity index (χ1v) is 6.89. The summed E-state index contributed by atoms with van der Waals surface area (Å²) >= 11 is 0. The number of carbonyl (C=O) groups excluding carboxylic acids is 1. The Hall–Kier alpha value is -3.00. The van der Waals surface area contributed by atoms with E-state index in [2.05, 4.69) is 6.07 Å². The van der Waals surface area contributed by atoms with Gasteiger partial charge in [0.25, 0.3) is 5.91 Å². The Morgan fingerprint density at radius 3 is 2.86 bits per heavy atom. The number of ether oxygens (including phenoxy) is 1. The number of benzene rings is 2. The van der Waals surface area contributed by atoms with Gasteiger partial charge >= 0.3 is 0 Å². The van der Waals surface area contributed by atoms with Crippen LogP contribution in [0.2, 0.25) is 0 Å². The van der Waals surface area contributed by atoms with Crippen LogP contribution < -0.4 is 9.64 Å². The van der Waals surface area contributed by atoms with Crippen LogP contribution in [-0.4, -0.2) is 17.1 Å². The lowest BCUT2D eigenvalue weighted by molar-refractivity contribution is -0.125. The van der Waals surface area contributed by atoms with E-state index in [4.69, 9.17) is 4.74 Å². The quantitative estimate of drug-likeness (QED) is 0.924. The van der Waals surface area contributed by atoms with Crippen molar-refractivity contribution in [2.45, 2.75) is 19.6 Å². The van der Waals surface area contributed by atoms with Crippen LogP contribution in [0.1, 0.15) is 18.1 Å². The molecule has 0 aliphatic carbocycles. The van der Waals surface area contributed by atoms with Gasteiger partial charge in [-0.2, -0.15) is 5.26 Å². The maximum absolute atomic E-state index is 12.4. The van der Waals surface area contributed by atoms with Gasteiger partial charge in [-0.1, -0.05) is 18.2 Å². The number of nitriles is 1. The first-order chi connectivity index (χ1) is 10.6. The summed E-state index contributed by atoms with van der Waals surface area (Å²) in [6.45, 7) is 1.95. The maximum Gasteiger partial charge on any atom is 0.268 e. The number of aromatic hydroxyl groups is 1. The van der Waals surface area contributed by atoms with Crippen LogP contribution in [0.15, 0.2) is 42.5 Å². The van der Waals surface area contributed by atoms with Crippen LogP contribution in [-0.2, 0) is 11.3 Å². The number of fused-ring (bicyclic) bond motifs is 1. The molecule has 0 fully saturated rings. The molecule has 1 aliphatic heterocycles. The topological polar surface area (TPSA) is 73.6 Å². The average molecular weight is 294 g/mol. The van der Waals surface area contributed by atoms with Crippen molar-refractivity contribution < 1.29 is 14.6 Å². The zero-order valence-electron chi connectivity index (χ0n) is 12.0. The number of phenols is 1. The molecular weight excluding hydrogens is 280 g/mol. The summed E-state index contributed by atoms with van der Waals surface area (Å²) in [4.78, 5) is 14.0. The number of rotatable bonds is 2. The van der Waals surface area contributed by atoms with Crippen molar-refractivity contribution in [1.29, 1.82) is 5.26 Å². The van der Waals surface area contributed by atoms with Crippen molar-refractivity contribution in [3.63, 3.8) is 0 Å². The van der Waals surface area contributed by atoms with Gasteiger partial charge in [0, 0.05) is 6.07 Å². The van der Waals surface area contributed by atoms with E-state index >= 15 is 0 Å². The van der Waals surface area contributed by atoms with Crippen molar-refractivity contribution in [3.8, 4) is 17.6 Å². The second kappa shape index (κ2) is 5.41. The molecule has 1 atom stereocenters. The Labute approximate surface area is 128 Å². The van der Waals surface area contributed by atoms with Gasteiger partial charge in [-0.3, -0.25) is 4.79 Å². The van der Waals surface area contributed by atoms with Crippen LogP contribution in [0.4, 0.5) is 5.69 Å². The van der Waals surface area contributed by atoms with Crippen LogP contribution in [0.5, 0.6) is 11.5 Å². The number of carbonyl (C=O) groups is 1. The number of phenolic OH excluding ortho intramolecular Hbond substituents is 1. The minimum atomic E-state index is -0.636. The average Bonchev–Trinajstić information content (AvgIpc) is 2.52. The van der Waals surface area contributed by atoms with Gasteiger partial charge in [-0.15, -0.1) is 0 Å². The Morgan fingerprint density at radius 1 is 1.32 bits per heavy atom. The third-order valence-corrected chi connectivity index (χ3v) is 3.62. The molecule has 0 bridgehead atoms. The predicted octanol–water partition coefficient (Wildman–Crippen LogP) is 2.58. The second-order valence-corrected chi connectivity index (χ2v) is 5.11. The van der Waals surface area contributed by atoms with E-state index < -0.39 is 6.10 Å². The van der Waals surface area contributed by atoms with Gasteiger partial charge < -0.3 is 14.7 Å². The molecule has 5 heteroatoms. The van der Waals surface area contributed by atoms with Crippen LogP contribution in [0.3, 0.4) is 0 Å². The molecule has 0 spiro atoms. The summed E-state index contributed by atoms with van der Waals surface area (Å²) in [5.41, 5.74) is 1.90. The van der Waals surface area contributed by atoms with E-state index in [1.807, 2.05) is 12.1 Å². The molecule has 3 rings (SSSR count). The third kappa shape index (κ3) is 2.35. The van der Waals surface area contributed by atoms with Crippen LogP contribution in [0, 0.1) is 11.3 Å². The predicted molar refractivity (Wildman–Crippen MR) is 80.5 cm³/mol. The van der Waals surface area contributed by atoms with Crippen molar-refractivity contribution in [2.24, 2.45) is 0 Å². The van der Waals surface area contributed by atoms with Crippen LogP contribution in [0.25, 0.3) is 0 Å². The van der Waals surface area contributed by atoms with Gasteiger partial charge in [0.15, 0.2) is 6.10 Å². The summed E-state index contributed by atoms with van der Waals surface area (Å²) in [6.07, 6.45) is -0.636. The molecular formula is C17H14N2O3. The summed E-state index contributed by atoms with van der Waals surface area (Å²) in [5, 5.41) is 18.8. The fourth-order valence-corrected chi connectivity index (χ4v) is 2.50. The zero-order chi connectivity index (χ0) is 15.7. The fraction of sp³-hybridized carbons (Fsp3) is 0.176. The van der Waals surface area contributed by atoms with E-state index in [0.717, 1.165) is 5.56 Å². The highest BCUT2D eigenvalue weighted by Crippen LogP contribution is 2.37. The summed E-state index contributed by atoms with van der Waals surface area (Å²) < 4.78 is 5.53. The maximum atomic E-state index is 12.4. The highest BCUT2D eigenvalue weighted by atomic mass is 16.5. The highest BCUT2D eigenvalue weighted by Gasteiger charge is 2.32. The molecule has 0 saturated carbocycles. The monoisotopic (exact) mass is 294 g/mol. The number of nitrogens with zero attached hydrogens (tertiary/aromatic N) is 2. The molecule has 110 valence electrons. The largest absolute Gasteiger partial charge is 0.508 e. The molecule has 1 heterocycles. The molecule has 0 radical (unpaired) electrons. The molecule has 1 amide bonds. The highest BCUT2D eigenvalue weighted by molar-refractivity contribution is 5.99. The smallest absolute Gasteiger partial charge is 0.268 e. The fourth-order valence-electron chi connectivity index (χ4n) is 2.50. The van der Waals surface area contributed by atoms with Crippen LogP contribution >= 0.6 is 0 Å². The van der Waals surface area contributed by atoms with Gasteiger partial charge in [-0.05, 0) is 30.7 Å². The lowest BCUT2D eigenvalue weighted by Crippen LogP contribution is -2.44. The Kier molecular flexibility index (Phi) is 3.43. The van der Waals surface area contributed by atoms with E-state index in [1.165, 1.54) is 12.1 Å². The lowest BCUT2D eigenvalue weighted by Gasteiger charge is -2.33. The van der Waals surface area contributed by atoms with E-state index in [9.17, 15) is 15.2 Å². The van der Waals surface area contributed by atoms with Crippen molar-refractivity contribution >= 4 is 11.6 Å². The van der Waals surface area contributed by atoms with Gasteiger partial charge in [0.2, 0.25) is 0 Å². The van der Waals surface area contributed by atoms with E-state index in [-0.39, 0.29) is 18.2 Å². The van der Waals surface area contributed by atoms with Gasteiger partial charge in [0.05, 0.1) is 23.9 Å². The second-order valence-electron chi connectivity index (χ2n) is 5.11. The molecule has 0 aromatic heterocycles. The summed E-state index contributed by atoms with van der Waals surface area (Å²) in [6, 6.07) is 13.9. The standard InChI is InChI=1S/C17H14N2O3/c1-11-17(21)19(10-13-5-3-2-4-12(13)9-18)15-7-6-14(20)8-16(15)22-11/h2-8,11,20H,10H2,1H3. The van der Waals surface area contributed by atoms with E-state index in [0.29, 0.717) is 17.0 Å². The number of hydrogen-bond acceptors (Lipinski definition) is 4. The zero-order valence-corrected chi connectivity index (χ0v) is 12.0. The molecule has 1 N–H and O–H groups in total. The minimum absolute atomic E-state index is 0.0812. The Balaban J connectivity index is 2.03. The molecule has 2 aromatic carbocycles. The lowest BCUT2D eigenvalue weighted by atomic mass is 10.1. The van der Waals surface area contributed by atoms with Crippen molar-refractivity contribution in [2.75, 3.05) is 4.90 Å². The number of anilines is 1. The third-order valence-electron chi connectivity index (χ3n) is 3.62. The summed E-state index contributed by atoms with van der Waals surface area (Å²) in [5.74, 6) is 0.366. The number of amides is 1. The molecule has 5 nitrogen and oxygen atoms in total. The molecule has 1 unspecified atom stereocenters. The molecule has 1 aliphatic rings. The first-order valence-electron chi connectivity index (χ1n) is 6.89. The van der Waals surface area contributed by atoms with Gasteiger partial charge in [-0.25, -0.2) is 0 Å². The Morgan fingerprint density at radius 2 is 2.09 bits per heavy atom. The van der Waals surface area contributed by atoms with Crippen molar-refractivity contribution in [3.05, 3.63) is 53.6 Å². The molecule has 0 saturated heterocycles. The molecule has 22 heavy (non-hydrogen) atoms. The number of hydrogen-bond donors (Lipinski definition) is 1. The normalized spacial score (nSPS) is 16.6. The van der Waals surface area contributed by atoms with E-state index in [1.54, 1.807) is 30.0 Å². The Bertz CT molecular complexity index is 780. The molecule has 2 aromatic rings. The summed E-state index contributed by atoms with van der Waals surface area (Å²) in [7, 11) is 0. The van der Waals surface area contributed by atoms with Crippen molar-refractivity contribution in [1.82, 2.24) is 0 Å².